The highest BCUT2D eigenvalue weighted by Gasteiger charge is 2.24. The van der Waals surface area contributed by atoms with Crippen LogP contribution in [0.5, 0.6) is 0 Å². The number of carbonyl (C=O) groups excluding carboxylic acids is 2. The van der Waals surface area contributed by atoms with Gasteiger partial charge in [0.05, 0.1) is 12.3 Å². The van der Waals surface area contributed by atoms with Crippen LogP contribution in [0.2, 0.25) is 0 Å². The Balaban J connectivity index is 0.000000788. The molecule has 0 amide bonds. The minimum Gasteiger partial charge on any atom is -0.389 e. The van der Waals surface area contributed by atoms with Crippen molar-refractivity contribution in [3.05, 3.63) is 30.1 Å². The van der Waals surface area contributed by atoms with Crippen LogP contribution >= 0.6 is 12.6 Å². The second kappa shape index (κ2) is 20.0. The van der Waals surface area contributed by atoms with Crippen molar-refractivity contribution in [1.29, 1.82) is 0 Å². The number of piperazine rings is 1. The number of hydrogen-bond donors (Lipinski definition) is 4. The molecule has 2 aliphatic rings. The molecule has 4 rings (SSSR count). The van der Waals surface area contributed by atoms with Crippen molar-refractivity contribution in [3.63, 3.8) is 0 Å². The van der Waals surface area contributed by atoms with E-state index in [0.29, 0.717) is 24.0 Å². The molecule has 0 bridgehead atoms. The van der Waals surface area contributed by atoms with Gasteiger partial charge in [-0.3, -0.25) is 0 Å². The number of carbonyl (C=O) groups is 2. The first kappa shape index (κ1) is 35.1. The number of aromatic nitrogens is 4. The van der Waals surface area contributed by atoms with Crippen molar-refractivity contribution in [2.45, 2.75) is 44.4 Å². The summed E-state index contributed by atoms with van der Waals surface area (Å²) in [4.78, 5) is 31.6. The van der Waals surface area contributed by atoms with E-state index in [1.165, 1.54) is 31.3 Å². The summed E-state index contributed by atoms with van der Waals surface area (Å²) < 4.78 is 0. The Kier molecular flexibility index (Phi) is 17.6. The molecule has 222 valence electrons. The smallest absolute Gasteiger partial charge is 0.229 e. The molecule has 40 heavy (non-hydrogen) atoms. The Bertz CT molecular complexity index is 1010. The van der Waals surface area contributed by atoms with Gasteiger partial charge in [0.15, 0.2) is 11.6 Å². The summed E-state index contributed by atoms with van der Waals surface area (Å²) in [5.74, 6) is 3.44. The van der Waals surface area contributed by atoms with E-state index in [1.807, 2.05) is 33.0 Å². The molecule has 0 aromatic carbocycles. The normalized spacial score (nSPS) is 19.1. The van der Waals surface area contributed by atoms with Gasteiger partial charge in [-0.25, -0.2) is 9.97 Å². The first-order chi connectivity index (χ1) is 19.4. The second-order valence-corrected chi connectivity index (χ2v) is 10.2. The van der Waals surface area contributed by atoms with Gasteiger partial charge in [-0.05, 0) is 70.5 Å². The van der Waals surface area contributed by atoms with Crippen molar-refractivity contribution in [1.82, 2.24) is 30.4 Å². The van der Waals surface area contributed by atoms with E-state index in [2.05, 4.69) is 75.2 Å². The molecule has 1 saturated carbocycles. The average molecular weight is 575 g/mol. The van der Waals surface area contributed by atoms with Crippen molar-refractivity contribution in [2.24, 2.45) is 11.8 Å². The number of hydrogen-bond acceptors (Lipinski definition) is 12. The van der Waals surface area contributed by atoms with Gasteiger partial charge in [0, 0.05) is 37.3 Å². The lowest BCUT2D eigenvalue weighted by atomic mass is 9.78. The Morgan fingerprint density at radius 3 is 2.23 bits per heavy atom. The van der Waals surface area contributed by atoms with Crippen LogP contribution in [0.15, 0.2) is 29.3 Å². The summed E-state index contributed by atoms with van der Waals surface area (Å²) in [6.07, 6.45) is 9.36. The number of likely N-dealkylation sites (N-methyl/N-ethyl adjacent to an activating group) is 1. The Morgan fingerprint density at radius 1 is 1.12 bits per heavy atom. The number of allylic oxidation sites excluding steroid dienone is 2. The molecule has 0 atom stereocenters. The molecule has 3 N–H and O–H groups in total. The van der Waals surface area contributed by atoms with E-state index in [0.717, 1.165) is 48.5 Å². The van der Waals surface area contributed by atoms with E-state index >= 15 is 0 Å². The third-order valence-electron chi connectivity index (χ3n) is 6.60. The molecule has 0 unspecified atom stereocenters. The zero-order valence-electron chi connectivity index (χ0n) is 24.5. The van der Waals surface area contributed by atoms with Gasteiger partial charge in [0.25, 0.3) is 0 Å². The SMILES string of the molecule is C/C=C(/c1nc(Nc2ccc(N3CCN(C)CC3)nn2)ncc1S)C1CCC(C)CC1.C=O.CNC.O=CCO. The first-order valence-electron chi connectivity index (χ1n) is 13.5. The third kappa shape index (κ3) is 11.7. The lowest BCUT2D eigenvalue weighted by molar-refractivity contribution is -0.110. The van der Waals surface area contributed by atoms with Gasteiger partial charge in [-0.1, -0.05) is 25.8 Å². The predicted molar refractivity (Wildman–Crippen MR) is 164 cm³/mol. The molecular weight excluding hydrogens is 528 g/mol. The number of aliphatic hydroxyl groups is 1. The Labute approximate surface area is 244 Å². The van der Waals surface area contributed by atoms with Crippen LogP contribution in [0.25, 0.3) is 5.57 Å². The zero-order valence-corrected chi connectivity index (χ0v) is 25.4. The fourth-order valence-corrected chi connectivity index (χ4v) is 4.73. The summed E-state index contributed by atoms with van der Waals surface area (Å²) in [7, 11) is 5.90. The molecule has 3 heterocycles. The molecule has 1 aliphatic heterocycles. The van der Waals surface area contributed by atoms with E-state index in [1.54, 1.807) is 6.20 Å². The van der Waals surface area contributed by atoms with Gasteiger partial charge < -0.3 is 35.1 Å². The fourth-order valence-electron chi connectivity index (χ4n) is 4.50. The van der Waals surface area contributed by atoms with E-state index < -0.39 is 0 Å². The maximum Gasteiger partial charge on any atom is 0.229 e. The number of aliphatic hydroxyl groups excluding tert-OH is 1. The van der Waals surface area contributed by atoms with Gasteiger partial charge >= 0.3 is 0 Å². The summed E-state index contributed by atoms with van der Waals surface area (Å²) in [5.41, 5.74) is 2.20. The number of nitrogens with one attached hydrogen (secondary N) is 2. The number of thiol groups is 1. The molecule has 1 saturated heterocycles. The highest BCUT2D eigenvalue weighted by molar-refractivity contribution is 7.80. The topological polar surface area (TPSA) is 136 Å². The van der Waals surface area contributed by atoms with Crippen LogP contribution < -0.4 is 15.5 Å². The van der Waals surface area contributed by atoms with Crippen LogP contribution in [-0.2, 0) is 9.59 Å². The van der Waals surface area contributed by atoms with Crippen LogP contribution in [0.4, 0.5) is 17.6 Å². The maximum atomic E-state index is 8.92. The standard InChI is InChI=1S/C23H33N7S.C2H7N.C2H4O2.CH2O/c1-4-18(17-7-5-16(2)6-8-17)22-19(31)15-24-23(26-22)25-20-9-10-21(28-27-20)30-13-11-29(3)12-14-30;1-3-2;3-1-2-4;1-2/h4,9-10,15-17,31H,5-8,11-14H2,1-3H3,(H,24,25,26,27);3H,1-2H3;1,4H,2H2;1H2/b18-4+;;;. The third-order valence-corrected chi connectivity index (χ3v) is 6.93. The van der Waals surface area contributed by atoms with Gasteiger partial charge in [-0.2, -0.15) is 0 Å². The summed E-state index contributed by atoms with van der Waals surface area (Å²) in [6.45, 7) is 10.1. The fraction of sp³-hybridized carbons (Fsp3) is 0.571. The van der Waals surface area contributed by atoms with Crippen LogP contribution in [-0.4, -0.2) is 97.2 Å². The van der Waals surface area contributed by atoms with Crippen LogP contribution in [0.1, 0.15) is 45.2 Å². The lowest BCUT2D eigenvalue weighted by Gasteiger charge is -2.32. The maximum absolute atomic E-state index is 8.92. The minimum atomic E-state index is -0.361. The van der Waals surface area contributed by atoms with Gasteiger partial charge in [0.2, 0.25) is 5.95 Å². The van der Waals surface area contributed by atoms with Crippen molar-refractivity contribution < 1.29 is 14.7 Å². The lowest BCUT2D eigenvalue weighted by Crippen LogP contribution is -2.44. The Hall–Kier alpha value is -2.93. The average Bonchev–Trinajstić information content (AvgIpc) is 2.98. The molecule has 0 radical (unpaired) electrons. The van der Waals surface area contributed by atoms with E-state index in [4.69, 9.17) is 19.7 Å². The van der Waals surface area contributed by atoms with Crippen LogP contribution in [0, 0.1) is 11.8 Å². The molecule has 1 aliphatic carbocycles. The predicted octanol–water partition coefficient (Wildman–Crippen LogP) is 3.11. The monoisotopic (exact) mass is 574 g/mol. The molecule has 2 fully saturated rings. The summed E-state index contributed by atoms with van der Waals surface area (Å²) in [6, 6.07) is 3.95. The molecule has 2 aromatic heterocycles. The van der Waals surface area contributed by atoms with Crippen molar-refractivity contribution in [3.8, 4) is 0 Å². The largest absolute Gasteiger partial charge is 0.389 e. The Morgan fingerprint density at radius 2 is 1.73 bits per heavy atom. The van der Waals surface area contributed by atoms with E-state index in [-0.39, 0.29) is 6.61 Å². The highest BCUT2D eigenvalue weighted by Crippen LogP contribution is 2.38. The number of aldehydes is 1. The molecular formula is C28H46N8O3S. The minimum absolute atomic E-state index is 0.361. The van der Waals surface area contributed by atoms with Crippen molar-refractivity contribution >= 4 is 48.9 Å². The van der Waals surface area contributed by atoms with Crippen molar-refractivity contribution in [2.75, 3.05) is 64.1 Å². The molecule has 11 nitrogen and oxygen atoms in total. The number of nitrogens with zero attached hydrogens (tertiary/aromatic N) is 6. The van der Waals surface area contributed by atoms with Gasteiger partial charge in [-0.15, -0.1) is 22.8 Å². The number of anilines is 3. The summed E-state index contributed by atoms with van der Waals surface area (Å²) >= 11 is 4.65. The summed E-state index contributed by atoms with van der Waals surface area (Å²) in [5, 5.41) is 22.2. The highest BCUT2D eigenvalue weighted by atomic mass is 32.1. The van der Waals surface area contributed by atoms with Crippen LogP contribution in [0.3, 0.4) is 0 Å². The second-order valence-electron chi connectivity index (χ2n) is 9.67. The molecule has 0 spiro atoms. The first-order valence-corrected chi connectivity index (χ1v) is 14.0. The van der Waals surface area contributed by atoms with E-state index in [9.17, 15) is 0 Å². The number of rotatable bonds is 6. The molecule has 2 aromatic rings. The zero-order chi connectivity index (χ0) is 29.9. The molecule has 12 heteroatoms. The quantitative estimate of drug-likeness (QED) is 0.299. The van der Waals surface area contributed by atoms with Gasteiger partial charge in [0.1, 0.15) is 13.1 Å².